The fraction of sp³-hybridized carbons (Fsp3) is 0.391. The Morgan fingerprint density at radius 2 is 1.93 bits per heavy atom. The summed E-state index contributed by atoms with van der Waals surface area (Å²) >= 11 is 0. The Morgan fingerprint density at radius 3 is 2.70 bits per heavy atom. The SMILES string of the molecule is CO[C@@H]1c2ccccc2OC[C@H]1NC(=O)[C@@H]1c2ccccc2CC(=O)N1CCCF. The smallest absolute Gasteiger partial charge is 0.247 e. The van der Waals surface area contributed by atoms with E-state index in [9.17, 15) is 14.0 Å². The van der Waals surface area contributed by atoms with Gasteiger partial charge in [-0.3, -0.25) is 14.0 Å². The minimum Gasteiger partial charge on any atom is -0.491 e. The first-order valence-corrected chi connectivity index (χ1v) is 10.1. The third kappa shape index (κ3) is 3.77. The third-order valence-corrected chi connectivity index (χ3v) is 5.70. The number of hydrogen-bond acceptors (Lipinski definition) is 4. The Hall–Kier alpha value is -2.93. The number of methoxy groups -OCH3 is 1. The summed E-state index contributed by atoms with van der Waals surface area (Å²) in [5, 5.41) is 3.02. The van der Waals surface area contributed by atoms with Crippen molar-refractivity contribution in [1.29, 1.82) is 0 Å². The molecule has 2 aromatic carbocycles. The van der Waals surface area contributed by atoms with Crippen molar-refractivity contribution in [1.82, 2.24) is 10.2 Å². The van der Waals surface area contributed by atoms with Gasteiger partial charge in [0.1, 0.15) is 24.5 Å². The van der Waals surface area contributed by atoms with Crippen LogP contribution < -0.4 is 10.1 Å². The molecule has 4 rings (SSSR count). The summed E-state index contributed by atoms with van der Waals surface area (Å²) in [6.45, 7) is -0.0910. The number of nitrogens with zero attached hydrogens (tertiary/aromatic N) is 1. The van der Waals surface area contributed by atoms with Crippen LogP contribution in [0.5, 0.6) is 5.75 Å². The molecule has 2 aromatic rings. The third-order valence-electron chi connectivity index (χ3n) is 5.70. The largest absolute Gasteiger partial charge is 0.491 e. The van der Waals surface area contributed by atoms with Gasteiger partial charge >= 0.3 is 0 Å². The van der Waals surface area contributed by atoms with Crippen molar-refractivity contribution < 1.29 is 23.5 Å². The molecule has 1 N–H and O–H groups in total. The van der Waals surface area contributed by atoms with Crippen LogP contribution in [0.4, 0.5) is 4.39 Å². The second-order valence-electron chi connectivity index (χ2n) is 7.53. The minimum absolute atomic E-state index is 0.171. The number of amides is 2. The molecule has 0 spiro atoms. The van der Waals surface area contributed by atoms with Crippen molar-refractivity contribution in [3.8, 4) is 5.75 Å². The molecular formula is C23H25FN2O4. The monoisotopic (exact) mass is 412 g/mol. The summed E-state index contributed by atoms with van der Waals surface area (Å²) in [5.74, 6) is 0.248. The Balaban J connectivity index is 1.61. The van der Waals surface area contributed by atoms with Gasteiger partial charge in [-0.05, 0) is 23.6 Å². The van der Waals surface area contributed by atoms with E-state index in [-0.39, 0.29) is 43.9 Å². The van der Waals surface area contributed by atoms with Gasteiger partial charge in [-0.2, -0.15) is 0 Å². The van der Waals surface area contributed by atoms with E-state index in [2.05, 4.69) is 5.32 Å². The minimum atomic E-state index is -0.802. The zero-order chi connectivity index (χ0) is 21.1. The van der Waals surface area contributed by atoms with Crippen LogP contribution in [0.25, 0.3) is 0 Å². The van der Waals surface area contributed by atoms with Gasteiger partial charge in [-0.15, -0.1) is 0 Å². The number of alkyl halides is 1. The molecule has 0 saturated carbocycles. The first kappa shape index (κ1) is 20.3. The molecule has 0 saturated heterocycles. The van der Waals surface area contributed by atoms with Gasteiger partial charge in [-0.1, -0.05) is 42.5 Å². The average molecular weight is 412 g/mol. The van der Waals surface area contributed by atoms with Crippen LogP contribution in [0.1, 0.15) is 35.3 Å². The van der Waals surface area contributed by atoms with Crippen molar-refractivity contribution in [2.75, 3.05) is 26.9 Å². The van der Waals surface area contributed by atoms with Crippen LogP contribution in [0.2, 0.25) is 0 Å². The number of nitrogens with one attached hydrogen (secondary N) is 1. The van der Waals surface area contributed by atoms with Gasteiger partial charge in [0.2, 0.25) is 11.8 Å². The number of rotatable bonds is 6. The lowest BCUT2D eigenvalue weighted by Crippen LogP contribution is -2.53. The Morgan fingerprint density at radius 1 is 1.20 bits per heavy atom. The lowest BCUT2D eigenvalue weighted by molar-refractivity contribution is -0.142. The second-order valence-corrected chi connectivity index (χ2v) is 7.53. The summed E-state index contributed by atoms with van der Waals surface area (Å²) in [6, 6.07) is 13.8. The highest BCUT2D eigenvalue weighted by Crippen LogP contribution is 2.35. The molecule has 7 heteroatoms. The van der Waals surface area contributed by atoms with Crippen molar-refractivity contribution in [3.05, 3.63) is 65.2 Å². The fourth-order valence-corrected chi connectivity index (χ4v) is 4.31. The quantitative estimate of drug-likeness (QED) is 0.792. The van der Waals surface area contributed by atoms with Gasteiger partial charge < -0.3 is 19.7 Å². The highest BCUT2D eigenvalue weighted by molar-refractivity contribution is 5.92. The van der Waals surface area contributed by atoms with E-state index in [0.29, 0.717) is 0 Å². The van der Waals surface area contributed by atoms with Crippen molar-refractivity contribution in [2.24, 2.45) is 0 Å². The van der Waals surface area contributed by atoms with Crippen molar-refractivity contribution >= 4 is 11.8 Å². The molecule has 6 nitrogen and oxygen atoms in total. The zero-order valence-corrected chi connectivity index (χ0v) is 16.8. The average Bonchev–Trinajstić information content (AvgIpc) is 2.77. The predicted octanol–water partition coefficient (Wildman–Crippen LogP) is 2.74. The number of benzene rings is 2. The highest BCUT2D eigenvalue weighted by atomic mass is 19.1. The normalized spacial score (nSPS) is 22.7. The molecule has 0 aromatic heterocycles. The summed E-state index contributed by atoms with van der Waals surface area (Å²) in [4.78, 5) is 27.6. The zero-order valence-electron chi connectivity index (χ0n) is 16.8. The number of para-hydroxylation sites is 1. The summed E-state index contributed by atoms with van der Waals surface area (Å²) in [7, 11) is 1.60. The maximum Gasteiger partial charge on any atom is 0.247 e. The Bertz CT molecular complexity index is 935. The van der Waals surface area contributed by atoms with Crippen LogP contribution in [0, 0.1) is 0 Å². The van der Waals surface area contributed by atoms with Gasteiger partial charge in [0.05, 0.1) is 19.1 Å². The lowest BCUT2D eigenvalue weighted by Gasteiger charge is -2.38. The summed E-state index contributed by atoms with van der Waals surface area (Å²) in [5.41, 5.74) is 2.47. The Labute approximate surface area is 175 Å². The maximum atomic E-state index is 13.4. The molecule has 0 aliphatic carbocycles. The van der Waals surface area contributed by atoms with Crippen LogP contribution in [0.3, 0.4) is 0 Å². The van der Waals surface area contributed by atoms with Crippen LogP contribution in [-0.4, -0.2) is 49.7 Å². The predicted molar refractivity (Wildman–Crippen MR) is 109 cm³/mol. The van der Waals surface area contributed by atoms with Gasteiger partial charge in [0, 0.05) is 19.2 Å². The van der Waals surface area contributed by atoms with E-state index >= 15 is 0 Å². The molecular weight excluding hydrogens is 387 g/mol. The number of fused-ring (bicyclic) bond motifs is 2. The van der Waals surface area contributed by atoms with Crippen LogP contribution >= 0.6 is 0 Å². The second kappa shape index (κ2) is 8.83. The first-order valence-electron chi connectivity index (χ1n) is 10.1. The van der Waals surface area contributed by atoms with E-state index in [0.717, 1.165) is 22.4 Å². The summed E-state index contributed by atoms with van der Waals surface area (Å²) in [6.07, 6.45) is 0.0400. The molecule has 0 radical (unpaired) electrons. The van der Waals surface area contributed by atoms with Crippen molar-refractivity contribution in [3.63, 3.8) is 0 Å². The number of carbonyl (C=O) groups is 2. The van der Waals surface area contributed by atoms with Gasteiger partial charge in [0.25, 0.3) is 0 Å². The molecule has 2 aliphatic rings. The number of halogens is 1. The lowest BCUT2D eigenvalue weighted by atomic mass is 9.90. The van der Waals surface area contributed by atoms with Gasteiger partial charge in [-0.25, -0.2) is 0 Å². The molecule has 2 amide bonds. The van der Waals surface area contributed by atoms with E-state index < -0.39 is 18.8 Å². The highest BCUT2D eigenvalue weighted by Gasteiger charge is 2.39. The van der Waals surface area contributed by atoms with Crippen molar-refractivity contribution in [2.45, 2.75) is 31.0 Å². The molecule has 0 bridgehead atoms. The molecule has 2 heterocycles. The maximum absolute atomic E-state index is 13.4. The standard InChI is InChI=1S/C23H25FN2O4/c1-29-22-17-9-4-5-10-19(17)30-14-18(22)25-23(28)21-16-8-3-2-7-15(16)13-20(27)26(21)12-6-11-24/h2-5,7-10,18,21-22H,6,11-14H2,1H3,(H,25,28)/t18-,21+,22-/m1/s1. The molecule has 30 heavy (non-hydrogen) atoms. The molecule has 0 unspecified atom stereocenters. The van der Waals surface area contributed by atoms with E-state index in [1.54, 1.807) is 7.11 Å². The number of hydrogen-bond donors (Lipinski definition) is 1. The van der Waals surface area contributed by atoms with E-state index in [1.807, 2.05) is 48.5 Å². The fourth-order valence-electron chi connectivity index (χ4n) is 4.31. The van der Waals surface area contributed by atoms with Crippen LogP contribution in [-0.2, 0) is 20.7 Å². The van der Waals surface area contributed by atoms with E-state index in [1.165, 1.54) is 4.90 Å². The first-order chi connectivity index (χ1) is 14.6. The molecule has 2 aliphatic heterocycles. The number of ether oxygens (including phenoxy) is 2. The molecule has 158 valence electrons. The van der Waals surface area contributed by atoms with Gasteiger partial charge in [0.15, 0.2) is 0 Å². The summed E-state index contributed by atoms with van der Waals surface area (Å²) < 4.78 is 24.3. The van der Waals surface area contributed by atoms with E-state index in [4.69, 9.17) is 9.47 Å². The topological polar surface area (TPSA) is 67.9 Å². The molecule has 0 fully saturated rings. The number of carbonyl (C=O) groups excluding carboxylic acids is 2. The van der Waals surface area contributed by atoms with Crippen LogP contribution in [0.15, 0.2) is 48.5 Å². The molecule has 3 atom stereocenters. The Kier molecular flexibility index (Phi) is 5.99.